The van der Waals surface area contributed by atoms with Crippen molar-refractivity contribution in [3.05, 3.63) is 34.2 Å². The maximum atomic E-state index is 11.9. The number of nitrogens with zero attached hydrogens (tertiary/aromatic N) is 4. The Bertz CT molecular complexity index is 927. The summed E-state index contributed by atoms with van der Waals surface area (Å²) in [6.45, 7) is 5.02. The van der Waals surface area contributed by atoms with E-state index in [0.717, 1.165) is 33.4 Å². The highest BCUT2D eigenvalue weighted by Crippen LogP contribution is 2.23. The van der Waals surface area contributed by atoms with Crippen LogP contribution in [0.4, 0.5) is 22.2 Å². The highest BCUT2D eigenvalue weighted by atomic mass is 127. The maximum Gasteiger partial charge on any atom is 0.435 e. The van der Waals surface area contributed by atoms with Gasteiger partial charge in [-0.2, -0.15) is 14.8 Å². The molecule has 3 rings (SSSR count). The molecule has 1 aromatic carbocycles. The van der Waals surface area contributed by atoms with Gasteiger partial charge in [-0.05, 0) is 54.1 Å². The molecule has 0 spiro atoms. The van der Waals surface area contributed by atoms with Gasteiger partial charge < -0.3 is 15.4 Å². The number of hydrogen-bond donors (Lipinski definition) is 2. The molecule has 0 saturated heterocycles. The highest BCUT2D eigenvalue weighted by Gasteiger charge is 2.12. The van der Waals surface area contributed by atoms with E-state index in [-0.39, 0.29) is 0 Å². The van der Waals surface area contributed by atoms with Gasteiger partial charge in [-0.25, -0.2) is 9.78 Å². The minimum atomic E-state index is -0.490. The van der Waals surface area contributed by atoms with Gasteiger partial charge in [0.15, 0.2) is 0 Å². The maximum absolute atomic E-state index is 11.9. The van der Waals surface area contributed by atoms with Crippen LogP contribution >= 0.6 is 22.6 Å². The van der Waals surface area contributed by atoms with Gasteiger partial charge >= 0.3 is 6.09 Å². The van der Waals surface area contributed by atoms with Crippen molar-refractivity contribution < 1.29 is 9.53 Å². The smallest absolute Gasteiger partial charge is 0.435 e. The molecule has 3 aromatic rings. The lowest BCUT2D eigenvalue weighted by molar-refractivity contribution is 0.151. The van der Waals surface area contributed by atoms with Gasteiger partial charge in [0.2, 0.25) is 5.95 Å². The Kier molecular flexibility index (Phi) is 5.86. The fraction of sp³-hybridized carbons (Fsp3) is 0.294. The summed E-state index contributed by atoms with van der Waals surface area (Å²) in [6, 6.07) is 5.54. The summed E-state index contributed by atoms with van der Waals surface area (Å²) in [6.07, 6.45) is 3.92. The Morgan fingerprint density at radius 3 is 2.92 bits per heavy atom. The predicted molar refractivity (Wildman–Crippen MR) is 109 cm³/mol. The number of nitrogens with one attached hydrogen (secondary N) is 2. The molecule has 0 amide bonds. The second-order valence-corrected chi connectivity index (χ2v) is 6.63. The van der Waals surface area contributed by atoms with E-state index in [1.165, 1.54) is 4.68 Å². The summed E-state index contributed by atoms with van der Waals surface area (Å²) in [7, 11) is 0. The number of carbonyl (C=O) groups is 1. The minimum absolute atomic E-state index is 0.304. The van der Waals surface area contributed by atoms with Gasteiger partial charge in [-0.3, -0.25) is 0 Å². The van der Waals surface area contributed by atoms with Gasteiger partial charge in [0.25, 0.3) is 0 Å². The topological polar surface area (TPSA) is 94.0 Å². The van der Waals surface area contributed by atoms with E-state index in [9.17, 15) is 4.79 Å². The SMILES string of the molecule is CCCNc1nc(Nc2ccc3c(cnn3C(=O)OCC)c2)ncc1I. The lowest BCUT2D eigenvalue weighted by Gasteiger charge is -2.10. The first-order valence-corrected chi connectivity index (χ1v) is 9.38. The van der Waals surface area contributed by atoms with E-state index in [4.69, 9.17) is 4.74 Å². The lowest BCUT2D eigenvalue weighted by Crippen LogP contribution is -2.14. The van der Waals surface area contributed by atoms with Gasteiger partial charge in [0, 0.05) is 23.8 Å². The van der Waals surface area contributed by atoms with Crippen LogP contribution in [0.15, 0.2) is 30.6 Å². The van der Waals surface area contributed by atoms with Gasteiger partial charge in [-0.1, -0.05) is 6.92 Å². The molecule has 136 valence electrons. The van der Waals surface area contributed by atoms with Crippen LogP contribution in [0.2, 0.25) is 0 Å². The van der Waals surface area contributed by atoms with Crippen molar-refractivity contribution in [3.8, 4) is 0 Å². The molecule has 2 aromatic heterocycles. The number of halogens is 1. The number of ether oxygens (including phenoxy) is 1. The molecular weight excluding hydrogens is 447 g/mol. The molecule has 0 atom stereocenters. The van der Waals surface area contributed by atoms with Gasteiger partial charge in [-0.15, -0.1) is 0 Å². The number of benzene rings is 1. The molecule has 0 aliphatic carbocycles. The van der Waals surface area contributed by atoms with Crippen LogP contribution in [0, 0.1) is 3.57 Å². The number of rotatable bonds is 6. The fourth-order valence-corrected chi connectivity index (χ4v) is 2.82. The summed E-state index contributed by atoms with van der Waals surface area (Å²) in [5, 5.41) is 11.4. The molecular formula is C17H19IN6O2. The molecule has 0 bridgehead atoms. The minimum Gasteiger partial charge on any atom is -0.448 e. The van der Waals surface area contributed by atoms with Crippen LogP contribution in [0.25, 0.3) is 10.9 Å². The number of aromatic nitrogens is 4. The molecule has 0 aliphatic rings. The Morgan fingerprint density at radius 1 is 1.31 bits per heavy atom. The van der Waals surface area contributed by atoms with E-state index < -0.39 is 6.09 Å². The third kappa shape index (κ3) is 4.03. The standard InChI is InChI=1S/C17H19IN6O2/c1-3-7-19-15-13(18)10-20-16(23-15)22-12-5-6-14-11(8-12)9-21-24(14)17(25)26-4-2/h5-6,8-10H,3-4,7H2,1-2H3,(H2,19,20,22,23). The molecule has 2 heterocycles. The van der Waals surface area contributed by atoms with Crippen molar-refractivity contribution in [2.75, 3.05) is 23.8 Å². The first-order valence-electron chi connectivity index (χ1n) is 8.30. The second kappa shape index (κ2) is 8.30. The Balaban J connectivity index is 1.82. The molecule has 2 N–H and O–H groups in total. The Morgan fingerprint density at radius 2 is 2.15 bits per heavy atom. The summed E-state index contributed by atoms with van der Waals surface area (Å²) in [4.78, 5) is 20.7. The summed E-state index contributed by atoms with van der Waals surface area (Å²) in [5.74, 6) is 1.31. The van der Waals surface area contributed by atoms with Crippen molar-refractivity contribution in [3.63, 3.8) is 0 Å². The Hall–Kier alpha value is -2.43. The van der Waals surface area contributed by atoms with E-state index in [2.05, 4.69) is 55.2 Å². The van der Waals surface area contributed by atoms with Gasteiger partial charge in [0.1, 0.15) is 5.82 Å². The van der Waals surface area contributed by atoms with Crippen LogP contribution in [0.3, 0.4) is 0 Å². The van der Waals surface area contributed by atoms with E-state index >= 15 is 0 Å². The summed E-state index contributed by atoms with van der Waals surface area (Å²) >= 11 is 2.20. The molecule has 9 heteroatoms. The summed E-state index contributed by atoms with van der Waals surface area (Å²) in [5.41, 5.74) is 1.49. The second-order valence-electron chi connectivity index (χ2n) is 5.47. The van der Waals surface area contributed by atoms with Crippen molar-refractivity contribution in [2.45, 2.75) is 20.3 Å². The first-order chi connectivity index (χ1) is 12.6. The zero-order valence-corrected chi connectivity index (χ0v) is 16.6. The number of carbonyl (C=O) groups excluding carboxylic acids is 1. The first kappa shape index (κ1) is 18.4. The zero-order chi connectivity index (χ0) is 18.5. The van der Waals surface area contributed by atoms with E-state index in [1.54, 1.807) is 19.3 Å². The number of anilines is 3. The highest BCUT2D eigenvalue weighted by molar-refractivity contribution is 14.1. The van der Waals surface area contributed by atoms with E-state index in [0.29, 0.717) is 18.1 Å². The molecule has 8 nitrogen and oxygen atoms in total. The third-order valence-corrected chi connectivity index (χ3v) is 4.34. The predicted octanol–water partition coefficient (Wildman–Crippen LogP) is 4.00. The lowest BCUT2D eigenvalue weighted by atomic mass is 10.2. The quantitative estimate of drug-likeness (QED) is 0.531. The van der Waals surface area contributed by atoms with Crippen molar-refractivity contribution in [1.82, 2.24) is 19.7 Å². The molecule has 0 fully saturated rings. The van der Waals surface area contributed by atoms with Crippen molar-refractivity contribution in [2.24, 2.45) is 0 Å². The van der Waals surface area contributed by atoms with Crippen LogP contribution < -0.4 is 10.6 Å². The van der Waals surface area contributed by atoms with E-state index in [1.807, 2.05) is 18.2 Å². The monoisotopic (exact) mass is 466 g/mol. The van der Waals surface area contributed by atoms with Crippen LogP contribution in [-0.2, 0) is 4.74 Å². The van der Waals surface area contributed by atoms with Crippen LogP contribution in [0.1, 0.15) is 20.3 Å². The molecule has 26 heavy (non-hydrogen) atoms. The fourth-order valence-electron chi connectivity index (χ4n) is 2.36. The average Bonchev–Trinajstić information content (AvgIpc) is 3.05. The van der Waals surface area contributed by atoms with Gasteiger partial charge in [0.05, 0.1) is 21.9 Å². The number of fused-ring (bicyclic) bond motifs is 1. The third-order valence-electron chi connectivity index (χ3n) is 3.55. The summed E-state index contributed by atoms with van der Waals surface area (Å²) < 4.78 is 7.21. The normalized spacial score (nSPS) is 10.7. The number of hydrogen-bond acceptors (Lipinski definition) is 7. The molecule has 0 unspecified atom stereocenters. The van der Waals surface area contributed by atoms with Crippen LogP contribution in [-0.4, -0.2) is 39.0 Å². The van der Waals surface area contributed by atoms with Crippen molar-refractivity contribution in [1.29, 1.82) is 0 Å². The molecule has 0 saturated carbocycles. The molecule has 0 aliphatic heterocycles. The van der Waals surface area contributed by atoms with Crippen molar-refractivity contribution >= 4 is 57.0 Å². The average molecular weight is 466 g/mol. The molecule has 0 radical (unpaired) electrons. The Labute approximate surface area is 164 Å². The zero-order valence-electron chi connectivity index (χ0n) is 14.5. The largest absolute Gasteiger partial charge is 0.448 e. The van der Waals surface area contributed by atoms with Crippen LogP contribution in [0.5, 0.6) is 0 Å².